The molecule has 3 aromatic rings. The molecule has 1 aromatic carbocycles. The van der Waals surface area contributed by atoms with Gasteiger partial charge in [-0.25, -0.2) is 9.37 Å². The molecule has 0 atom stereocenters. The van der Waals surface area contributed by atoms with Crippen molar-refractivity contribution in [3.8, 4) is 11.4 Å². The number of benzene rings is 1. The Bertz CT molecular complexity index is 822. The standard InChI is InChI=1S/C14H8ClFN4OS/c15-11-7-9(5-6-17-11)13(21)19-14-18-12(20-22-14)8-1-3-10(16)4-2-8/h1-7H,(H,18,19,20,21). The lowest BCUT2D eigenvalue weighted by Crippen LogP contribution is -2.11. The zero-order chi connectivity index (χ0) is 15.5. The van der Waals surface area contributed by atoms with Crippen molar-refractivity contribution in [1.29, 1.82) is 0 Å². The third-order valence-electron chi connectivity index (χ3n) is 2.74. The number of carbonyl (C=O) groups is 1. The fourth-order valence-electron chi connectivity index (χ4n) is 1.70. The van der Waals surface area contributed by atoms with Gasteiger partial charge in [-0.2, -0.15) is 9.36 Å². The third-order valence-corrected chi connectivity index (χ3v) is 3.57. The summed E-state index contributed by atoms with van der Waals surface area (Å²) in [7, 11) is 0. The lowest BCUT2D eigenvalue weighted by molar-refractivity contribution is 0.102. The normalized spacial score (nSPS) is 10.5. The molecule has 0 spiro atoms. The van der Waals surface area contributed by atoms with Gasteiger partial charge in [0.15, 0.2) is 5.82 Å². The maximum atomic E-state index is 12.9. The van der Waals surface area contributed by atoms with Crippen molar-refractivity contribution in [3.05, 3.63) is 59.1 Å². The summed E-state index contributed by atoms with van der Waals surface area (Å²) in [5.74, 6) is -0.263. The van der Waals surface area contributed by atoms with Crippen molar-refractivity contribution < 1.29 is 9.18 Å². The van der Waals surface area contributed by atoms with Crippen molar-refractivity contribution in [2.75, 3.05) is 5.32 Å². The van der Waals surface area contributed by atoms with E-state index in [1.807, 2.05) is 0 Å². The van der Waals surface area contributed by atoms with Crippen LogP contribution in [0.4, 0.5) is 9.52 Å². The molecule has 2 aromatic heterocycles. The Morgan fingerprint density at radius 3 is 2.73 bits per heavy atom. The van der Waals surface area contributed by atoms with Crippen LogP contribution in [0.15, 0.2) is 42.6 Å². The molecule has 3 rings (SSSR count). The molecule has 0 fully saturated rings. The van der Waals surface area contributed by atoms with Gasteiger partial charge in [0.1, 0.15) is 11.0 Å². The van der Waals surface area contributed by atoms with Gasteiger partial charge in [0.25, 0.3) is 5.91 Å². The van der Waals surface area contributed by atoms with E-state index in [2.05, 4.69) is 19.7 Å². The Balaban J connectivity index is 1.77. The molecule has 0 saturated heterocycles. The molecule has 0 saturated carbocycles. The highest BCUT2D eigenvalue weighted by atomic mass is 35.5. The molecule has 0 aliphatic rings. The van der Waals surface area contributed by atoms with Crippen LogP contribution in [0.1, 0.15) is 10.4 Å². The highest BCUT2D eigenvalue weighted by molar-refractivity contribution is 7.10. The SMILES string of the molecule is O=C(Nc1nc(-c2ccc(F)cc2)ns1)c1ccnc(Cl)c1. The fourth-order valence-corrected chi connectivity index (χ4v) is 2.46. The predicted molar refractivity (Wildman–Crippen MR) is 82.5 cm³/mol. The lowest BCUT2D eigenvalue weighted by Gasteiger charge is -2.00. The van der Waals surface area contributed by atoms with E-state index in [1.165, 1.54) is 24.4 Å². The summed E-state index contributed by atoms with van der Waals surface area (Å²) in [6.45, 7) is 0. The third kappa shape index (κ3) is 3.26. The van der Waals surface area contributed by atoms with Crippen molar-refractivity contribution >= 4 is 34.2 Å². The van der Waals surface area contributed by atoms with Crippen LogP contribution in [-0.4, -0.2) is 20.2 Å². The van der Waals surface area contributed by atoms with Crippen LogP contribution in [0.5, 0.6) is 0 Å². The molecule has 1 amide bonds. The van der Waals surface area contributed by atoms with E-state index in [0.29, 0.717) is 22.1 Å². The van der Waals surface area contributed by atoms with Gasteiger partial charge >= 0.3 is 0 Å². The Morgan fingerprint density at radius 2 is 2.00 bits per heavy atom. The number of pyridine rings is 1. The summed E-state index contributed by atoms with van der Waals surface area (Å²) in [6, 6.07) is 8.81. The summed E-state index contributed by atoms with van der Waals surface area (Å²) in [5, 5.41) is 3.21. The molecule has 0 unspecified atom stereocenters. The van der Waals surface area contributed by atoms with Gasteiger partial charge < -0.3 is 0 Å². The number of aromatic nitrogens is 3. The van der Waals surface area contributed by atoms with Gasteiger partial charge in [-0.15, -0.1) is 0 Å². The quantitative estimate of drug-likeness (QED) is 0.742. The minimum absolute atomic E-state index is 0.233. The first-order valence-corrected chi connectivity index (χ1v) is 7.29. The molecule has 2 heterocycles. The predicted octanol–water partition coefficient (Wildman–Crippen LogP) is 3.64. The van der Waals surface area contributed by atoms with Crippen LogP contribution in [0, 0.1) is 5.82 Å². The topological polar surface area (TPSA) is 67.8 Å². The molecule has 0 bridgehead atoms. The zero-order valence-corrected chi connectivity index (χ0v) is 12.5. The van der Waals surface area contributed by atoms with E-state index < -0.39 is 0 Å². The van der Waals surface area contributed by atoms with Gasteiger partial charge in [0, 0.05) is 28.9 Å². The molecule has 0 aliphatic carbocycles. The van der Waals surface area contributed by atoms with Crippen LogP contribution in [-0.2, 0) is 0 Å². The van der Waals surface area contributed by atoms with Crippen LogP contribution in [0.3, 0.4) is 0 Å². The van der Waals surface area contributed by atoms with Crippen LogP contribution in [0.2, 0.25) is 5.15 Å². The smallest absolute Gasteiger partial charge is 0.257 e. The van der Waals surface area contributed by atoms with Crippen LogP contribution in [0.25, 0.3) is 11.4 Å². The van der Waals surface area contributed by atoms with Gasteiger partial charge in [0.2, 0.25) is 5.13 Å². The molecule has 8 heteroatoms. The van der Waals surface area contributed by atoms with E-state index in [0.717, 1.165) is 11.5 Å². The maximum absolute atomic E-state index is 12.9. The Kier molecular flexibility index (Phi) is 4.08. The second kappa shape index (κ2) is 6.17. The number of hydrogen-bond donors (Lipinski definition) is 1. The molecule has 5 nitrogen and oxygen atoms in total. The Labute approximate surface area is 134 Å². The Hall–Kier alpha value is -2.38. The number of halogens is 2. The van der Waals surface area contributed by atoms with E-state index in [-0.39, 0.29) is 16.9 Å². The highest BCUT2D eigenvalue weighted by Gasteiger charge is 2.11. The molecule has 1 N–H and O–H groups in total. The largest absolute Gasteiger partial charge is 0.297 e. The van der Waals surface area contributed by atoms with Gasteiger partial charge in [-0.1, -0.05) is 11.6 Å². The Morgan fingerprint density at radius 1 is 1.23 bits per heavy atom. The molecule has 22 heavy (non-hydrogen) atoms. The number of anilines is 1. The molecule has 110 valence electrons. The first kappa shape index (κ1) is 14.6. The van der Waals surface area contributed by atoms with E-state index >= 15 is 0 Å². The first-order chi connectivity index (χ1) is 10.6. The van der Waals surface area contributed by atoms with Gasteiger partial charge in [0.05, 0.1) is 0 Å². The van der Waals surface area contributed by atoms with E-state index in [1.54, 1.807) is 18.2 Å². The lowest BCUT2D eigenvalue weighted by atomic mass is 10.2. The summed E-state index contributed by atoms with van der Waals surface area (Å²) in [4.78, 5) is 20.1. The van der Waals surface area contributed by atoms with Crippen LogP contribution < -0.4 is 5.32 Å². The summed E-state index contributed by atoms with van der Waals surface area (Å²) in [6.07, 6.45) is 1.45. The van der Waals surface area contributed by atoms with E-state index in [9.17, 15) is 9.18 Å². The number of hydrogen-bond acceptors (Lipinski definition) is 5. The van der Waals surface area contributed by atoms with Gasteiger partial charge in [-0.3, -0.25) is 10.1 Å². The minimum Gasteiger partial charge on any atom is -0.297 e. The molecular weight excluding hydrogens is 327 g/mol. The second-order valence-corrected chi connectivity index (χ2v) is 5.39. The minimum atomic E-state index is -0.355. The summed E-state index contributed by atoms with van der Waals surface area (Å²) < 4.78 is 17.0. The number of amides is 1. The number of carbonyl (C=O) groups excluding carboxylic acids is 1. The monoisotopic (exact) mass is 334 g/mol. The highest BCUT2D eigenvalue weighted by Crippen LogP contribution is 2.21. The first-order valence-electron chi connectivity index (χ1n) is 6.14. The molecule has 0 radical (unpaired) electrons. The number of rotatable bonds is 3. The van der Waals surface area contributed by atoms with E-state index in [4.69, 9.17) is 11.6 Å². The summed E-state index contributed by atoms with van der Waals surface area (Å²) in [5.41, 5.74) is 1.05. The average Bonchev–Trinajstić information content (AvgIpc) is 2.96. The molecule has 0 aliphatic heterocycles. The summed E-state index contributed by atoms with van der Waals surface area (Å²) >= 11 is 6.78. The molecular formula is C14H8ClFN4OS. The average molecular weight is 335 g/mol. The van der Waals surface area contributed by atoms with Crippen LogP contribution >= 0.6 is 23.1 Å². The fraction of sp³-hybridized carbons (Fsp3) is 0. The second-order valence-electron chi connectivity index (χ2n) is 4.25. The maximum Gasteiger partial charge on any atom is 0.257 e. The van der Waals surface area contributed by atoms with Crippen molar-refractivity contribution in [2.45, 2.75) is 0 Å². The number of nitrogens with one attached hydrogen (secondary N) is 1. The van der Waals surface area contributed by atoms with Crippen molar-refractivity contribution in [3.63, 3.8) is 0 Å². The van der Waals surface area contributed by atoms with Crippen molar-refractivity contribution in [2.24, 2.45) is 0 Å². The number of nitrogens with zero attached hydrogens (tertiary/aromatic N) is 3. The zero-order valence-electron chi connectivity index (χ0n) is 11.0. The van der Waals surface area contributed by atoms with Crippen molar-refractivity contribution in [1.82, 2.24) is 14.3 Å². The van der Waals surface area contributed by atoms with Gasteiger partial charge in [-0.05, 0) is 36.4 Å².